The van der Waals surface area contributed by atoms with Crippen molar-refractivity contribution in [3.8, 4) is 0 Å². The third kappa shape index (κ3) is 1.45. The van der Waals surface area contributed by atoms with Crippen molar-refractivity contribution >= 4 is 12.0 Å². The van der Waals surface area contributed by atoms with Gasteiger partial charge in [-0.3, -0.25) is 0 Å². The predicted octanol–water partition coefficient (Wildman–Crippen LogP) is 1.46. The minimum Gasteiger partial charge on any atom is -0.467 e. The Balaban J connectivity index is 2.54. The fraction of sp³-hybridized carbons (Fsp3) is 0.250. The van der Waals surface area contributed by atoms with Gasteiger partial charge in [-0.05, 0) is 5.56 Å². The Morgan fingerprint density at radius 3 is 2.93 bits per heavy atom. The van der Waals surface area contributed by atoms with Crippen LogP contribution < -0.4 is 0 Å². The van der Waals surface area contributed by atoms with Crippen molar-refractivity contribution in [1.29, 1.82) is 0 Å². The molecule has 0 spiro atoms. The maximum absolute atomic E-state index is 11.5. The highest BCUT2D eigenvalue weighted by Crippen LogP contribution is 2.34. The van der Waals surface area contributed by atoms with E-state index >= 15 is 0 Å². The Hall–Kier alpha value is -1.61. The molecule has 1 unspecified atom stereocenters. The maximum atomic E-state index is 11.5. The van der Waals surface area contributed by atoms with E-state index in [-0.39, 0.29) is 6.42 Å². The van der Waals surface area contributed by atoms with E-state index in [9.17, 15) is 9.90 Å². The second-order valence-corrected chi connectivity index (χ2v) is 3.55. The average molecular weight is 204 g/mol. The summed E-state index contributed by atoms with van der Waals surface area (Å²) in [6, 6.07) is 7.27. The van der Waals surface area contributed by atoms with E-state index in [1.54, 1.807) is 18.2 Å². The van der Waals surface area contributed by atoms with Crippen molar-refractivity contribution in [3.05, 3.63) is 41.5 Å². The number of esters is 1. The molecule has 0 fully saturated rings. The number of hydrogen-bond acceptors (Lipinski definition) is 3. The molecule has 3 nitrogen and oxygen atoms in total. The van der Waals surface area contributed by atoms with Gasteiger partial charge in [-0.1, -0.05) is 36.4 Å². The fourth-order valence-electron chi connectivity index (χ4n) is 1.85. The Morgan fingerprint density at radius 1 is 1.47 bits per heavy atom. The van der Waals surface area contributed by atoms with Gasteiger partial charge in [0.25, 0.3) is 0 Å². The van der Waals surface area contributed by atoms with Gasteiger partial charge in [-0.2, -0.15) is 0 Å². The number of benzene rings is 1. The van der Waals surface area contributed by atoms with Crippen LogP contribution in [-0.2, 0) is 15.1 Å². The van der Waals surface area contributed by atoms with Gasteiger partial charge >= 0.3 is 5.97 Å². The van der Waals surface area contributed by atoms with E-state index in [0.29, 0.717) is 5.56 Å². The van der Waals surface area contributed by atoms with Gasteiger partial charge in [0.05, 0.1) is 7.11 Å². The summed E-state index contributed by atoms with van der Waals surface area (Å²) in [5, 5.41) is 10.3. The van der Waals surface area contributed by atoms with E-state index < -0.39 is 11.6 Å². The minimum atomic E-state index is -1.53. The number of carbonyl (C=O) groups is 1. The van der Waals surface area contributed by atoms with Crippen LogP contribution in [0.5, 0.6) is 0 Å². The number of rotatable bonds is 1. The van der Waals surface area contributed by atoms with Crippen molar-refractivity contribution in [2.75, 3.05) is 7.11 Å². The summed E-state index contributed by atoms with van der Waals surface area (Å²) in [6.45, 7) is 0. The van der Waals surface area contributed by atoms with Crippen molar-refractivity contribution in [2.24, 2.45) is 0 Å². The highest BCUT2D eigenvalue weighted by molar-refractivity contribution is 5.84. The van der Waals surface area contributed by atoms with Crippen LogP contribution in [0.3, 0.4) is 0 Å². The molecule has 1 aliphatic rings. The van der Waals surface area contributed by atoms with Gasteiger partial charge in [0.1, 0.15) is 0 Å². The summed E-state index contributed by atoms with van der Waals surface area (Å²) in [4.78, 5) is 11.5. The zero-order chi connectivity index (χ0) is 10.9. The second kappa shape index (κ2) is 3.51. The number of hydrogen-bond donors (Lipinski definition) is 1. The lowest BCUT2D eigenvalue weighted by Crippen LogP contribution is -2.38. The fourth-order valence-corrected chi connectivity index (χ4v) is 1.85. The Morgan fingerprint density at radius 2 is 2.20 bits per heavy atom. The normalized spacial score (nSPS) is 23.3. The van der Waals surface area contributed by atoms with Crippen LogP contribution in [0.15, 0.2) is 30.3 Å². The monoisotopic (exact) mass is 204 g/mol. The van der Waals surface area contributed by atoms with Gasteiger partial charge in [0.15, 0.2) is 5.60 Å². The molecule has 78 valence electrons. The molecule has 0 radical (unpaired) electrons. The first-order valence-electron chi connectivity index (χ1n) is 4.75. The molecule has 1 atom stereocenters. The van der Waals surface area contributed by atoms with Crippen molar-refractivity contribution in [2.45, 2.75) is 12.0 Å². The lowest BCUT2D eigenvalue weighted by Gasteiger charge is -2.28. The molecule has 0 saturated carbocycles. The van der Waals surface area contributed by atoms with Gasteiger partial charge in [-0.25, -0.2) is 4.79 Å². The summed E-state index contributed by atoms with van der Waals surface area (Å²) < 4.78 is 4.63. The lowest BCUT2D eigenvalue weighted by molar-refractivity contribution is -0.163. The molecule has 0 saturated heterocycles. The van der Waals surface area contributed by atoms with E-state index in [0.717, 1.165) is 5.56 Å². The molecular formula is C12H12O3. The predicted molar refractivity (Wildman–Crippen MR) is 56.0 cm³/mol. The molecule has 1 aliphatic carbocycles. The molecule has 1 N–H and O–H groups in total. The summed E-state index contributed by atoms with van der Waals surface area (Å²) in [5.41, 5.74) is -0.0592. The number of ether oxygens (including phenoxy) is 1. The summed E-state index contributed by atoms with van der Waals surface area (Å²) in [6.07, 6.45) is 3.93. The van der Waals surface area contributed by atoms with Crippen molar-refractivity contribution in [3.63, 3.8) is 0 Å². The van der Waals surface area contributed by atoms with Crippen LogP contribution in [0.1, 0.15) is 17.5 Å². The first-order chi connectivity index (χ1) is 7.18. The molecule has 0 heterocycles. The van der Waals surface area contributed by atoms with E-state index in [4.69, 9.17) is 0 Å². The number of carbonyl (C=O) groups excluding carboxylic acids is 1. The minimum absolute atomic E-state index is 0.261. The van der Waals surface area contributed by atoms with Crippen LogP contribution in [0.4, 0.5) is 0 Å². The molecule has 0 bridgehead atoms. The van der Waals surface area contributed by atoms with Crippen LogP contribution in [0.2, 0.25) is 0 Å². The topological polar surface area (TPSA) is 46.5 Å². The van der Waals surface area contributed by atoms with Crippen LogP contribution in [0.25, 0.3) is 6.08 Å². The van der Waals surface area contributed by atoms with Crippen molar-refractivity contribution < 1.29 is 14.6 Å². The first kappa shape index (κ1) is 9.93. The molecule has 2 rings (SSSR count). The third-order valence-corrected chi connectivity index (χ3v) is 2.64. The lowest BCUT2D eigenvalue weighted by atomic mass is 9.83. The molecule has 0 amide bonds. The van der Waals surface area contributed by atoms with E-state index in [1.165, 1.54) is 7.11 Å². The SMILES string of the molecule is COC(=O)C1(O)CC=Cc2ccccc21. The molecule has 3 heteroatoms. The van der Waals surface area contributed by atoms with Crippen LogP contribution >= 0.6 is 0 Å². The number of aliphatic hydroxyl groups is 1. The maximum Gasteiger partial charge on any atom is 0.342 e. The second-order valence-electron chi connectivity index (χ2n) is 3.55. The largest absolute Gasteiger partial charge is 0.467 e. The zero-order valence-corrected chi connectivity index (χ0v) is 8.43. The first-order valence-corrected chi connectivity index (χ1v) is 4.75. The Bertz CT molecular complexity index is 423. The number of fused-ring (bicyclic) bond motifs is 1. The Labute approximate surface area is 88.0 Å². The van der Waals surface area contributed by atoms with Crippen LogP contribution in [-0.4, -0.2) is 18.2 Å². The van der Waals surface area contributed by atoms with E-state index in [2.05, 4.69) is 4.74 Å². The molecule has 15 heavy (non-hydrogen) atoms. The van der Waals surface area contributed by atoms with Gasteiger partial charge in [0.2, 0.25) is 0 Å². The summed E-state index contributed by atoms with van der Waals surface area (Å²) >= 11 is 0. The molecule has 0 aliphatic heterocycles. The summed E-state index contributed by atoms with van der Waals surface area (Å²) in [5.74, 6) is -0.612. The smallest absolute Gasteiger partial charge is 0.342 e. The van der Waals surface area contributed by atoms with Gasteiger partial charge in [0, 0.05) is 12.0 Å². The molecule has 1 aromatic rings. The highest BCUT2D eigenvalue weighted by Gasteiger charge is 2.40. The molecular weight excluding hydrogens is 192 g/mol. The van der Waals surface area contributed by atoms with E-state index in [1.807, 2.05) is 18.2 Å². The standard InChI is InChI=1S/C12H12O3/c1-15-11(13)12(14)8-4-6-9-5-2-3-7-10(9)12/h2-7,14H,8H2,1H3. The van der Waals surface area contributed by atoms with Gasteiger partial charge < -0.3 is 9.84 Å². The highest BCUT2D eigenvalue weighted by atomic mass is 16.5. The Kier molecular flexibility index (Phi) is 2.32. The summed E-state index contributed by atoms with van der Waals surface area (Å²) in [7, 11) is 1.28. The number of methoxy groups -OCH3 is 1. The molecule has 0 aromatic heterocycles. The zero-order valence-electron chi connectivity index (χ0n) is 8.43. The van der Waals surface area contributed by atoms with Crippen LogP contribution in [0, 0.1) is 0 Å². The average Bonchev–Trinajstić information content (AvgIpc) is 2.28. The third-order valence-electron chi connectivity index (χ3n) is 2.64. The van der Waals surface area contributed by atoms with Gasteiger partial charge in [-0.15, -0.1) is 0 Å². The quantitative estimate of drug-likeness (QED) is 0.704. The molecule has 1 aromatic carbocycles. The van der Waals surface area contributed by atoms with Crippen molar-refractivity contribution in [1.82, 2.24) is 0 Å².